The number of likely N-dealkylation sites (N-methyl/N-ethyl adjacent to an activating group) is 1. The first-order valence-corrected chi connectivity index (χ1v) is 6.73. The molecule has 4 nitrogen and oxygen atoms in total. The Morgan fingerprint density at radius 1 is 1.53 bits per heavy atom. The predicted molar refractivity (Wildman–Crippen MR) is 72.2 cm³/mol. The van der Waals surface area contributed by atoms with Gasteiger partial charge in [-0.1, -0.05) is 0 Å². The number of hydrogen-bond donors (Lipinski definition) is 1. The Hall–Kier alpha value is -0.160. The van der Waals surface area contributed by atoms with Crippen molar-refractivity contribution in [3.05, 3.63) is 0 Å². The number of rotatable bonds is 8. The first-order valence-electron chi connectivity index (χ1n) is 6.73. The monoisotopic (exact) mass is 243 g/mol. The van der Waals surface area contributed by atoms with Crippen LogP contribution in [0.15, 0.2) is 0 Å². The van der Waals surface area contributed by atoms with Crippen LogP contribution in [0, 0.1) is 5.92 Å². The van der Waals surface area contributed by atoms with E-state index in [2.05, 4.69) is 23.9 Å². The maximum absolute atomic E-state index is 6.11. The van der Waals surface area contributed by atoms with Crippen molar-refractivity contribution in [1.82, 2.24) is 9.80 Å². The second-order valence-corrected chi connectivity index (χ2v) is 5.53. The molecule has 102 valence electrons. The Bertz CT molecular complexity index is 201. The first-order chi connectivity index (χ1) is 8.11. The number of nitrogens with zero attached hydrogens (tertiary/aromatic N) is 2. The van der Waals surface area contributed by atoms with E-state index in [9.17, 15) is 0 Å². The topological polar surface area (TPSA) is 41.7 Å². The molecule has 1 aliphatic heterocycles. The van der Waals surface area contributed by atoms with E-state index < -0.39 is 0 Å². The van der Waals surface area contributed by atoms with Gasteiger partial charge in [-0.15, -0.1) is 0 Å². The summed E-state index contributed by atoms with van der Waals surface area (Å²) in [6.45, 7) is 5.50. The molecule has 0 saturated carbocycles. The van der Waals surface area contributed by atoms with Gasteiger partial charge in [0.1, 0.15) is 0 Å². The predicted octanol–water partition coefficient (Wildman–Crippen LogP) is 0.624. The third-order valence-electron chi connectivity index (χ3n) is 3.53. The van der Waals surface area contributed by atoms with E-state index in [1.807, 2.05) is 0 Å². The smallest absolute Gasteiger partial charge is 0.0462 e. The molecule has 1 aliphatic rings. The maximum atomic E-state index is 6.11. The lowest BCUT2D eigenvalue weighted by molar-refractivity contribution is 0.186. The molecule has 17 heavy (non-hydrogen) atoms. The van der Waals surface area contributed by atoms with Gasteiger partial charge in [0.15, 0.2) is 0 Å². The molecule has 0 amide bonds. The lowest BCUT2D eigenvalue weighted by atomic mass is 10.1. The van der Waals surface area contributed by atoms with Gasteiger partial charge in [-0.3, -0.25) is 0 Å². The summed E-state index contributed by atoms with van der Waals surface area (Å²) in [5.41, 5.74) is 6.11. The lowest BCUT2D eigenvalue weighted by Crippen LogP contribution is -2.38. The molecule has 1 heterocycles. The molecule has 0 radical (unpaired) electrons. The highest BCUT2D eigenvalue weighted by molar-refractivity contribution is 4.76. The number of hydrogen-bond acceptors (Lipinski definition) is 4. The van der Waals surface area contributed by atoms with Crippen molar-refractivity contribution in [1.29, 1.82) is 0 Å². The van der Waals surface area contributed by atoms with Crippen molar-refractivity contribution in [2.24, 2.45) is 11.7 Å². The molecule has 4 heteroatoms. The minimum absolute atomic E-state index is 0.286. The molecule has 2 unspecified atom stereocenters. The molecule has 0 aromatic rings. The molecule has 1 saturated heterocycles. The average molecular weight is 243 g/mol. The molecule has 0 bridgehead atoms. The van der Waals surface area contributed by atoms with Gasteiger partial charge >= 0.3 is 0 Å². The van der Waals surface area contributed by atoms with E-state index in [0.717, 1.165) is 31.9 Å². The van der Waals surface area contributed by atoms with Crippen molar-refractivity contribution in [3.8, 4) is 0 Å². The number of likely N-dealkylation sites (tertiary alicyclic amines) is 1. The zero-order valence-corrected chi connectivity index (χ0v) is 11.7. The van der Waals surface area contributed by atoms with Crippen LogP contribution in [0.5, 0.6) is 0 Å². The molecular weight excluding hydrogens is 214 g/mol. The van der Waals surface area contributed by atoms with E-state index >= 15 is 0 Å². The van der Waals surface area contributed by atoms with Gasteiger partial charge in [0.05, 0.1) is 0 Å². The third kappa shape index (κ3) is 6.36. The zero-order chi connectivity index (χ0) is 12.7. The zero-order valence-electron chi connectivity index (χ0n) is 11.7. The third-order valence-corrected chi connectivity index (χ3v) is 3.53. The minimum Gasteiger partial charge on any atom is -0.385 e. The average Bonchev–Trinajstić information content (AvgIpc) is 2.64. The molecule has 2 N–H and O–H groups in total. The van der Waals surface area contributed by atoms with Crippen LogP contribution >= 0.6 is 0 Å². The van der Waals surface area contributed by atoms with Gasteiger partial charge in [0.25, 0.3) is 0 Å². The summed E-state index contributed by atoms with van der Waals surface area (Å²) in [5.74, 6) is 0.830. The van der Waals surface area contributed by atoms with Gasteiger partial charge in [0, 0.05) is 39.4 Å². The van der Waals surface area contributed by atoms with E-state index in [1.54, 1.807) is 7.11 Å². The summed E-state index contributed by atoms with van der Waals surface area (Å²) in [6, 6.07) is 0.286. The highest BCUT2D eigenvalue weighted by Gasteiger charge is 2.21. The Morgan fingerprint density at radius 2 is 2.29 bits per heavy atom. The minimum atomic E-state index is 0.286. The van der Waals surface area contributed by atoms with E-state index in [1.165, 1.54) is 26.1 Å². The van der Waals surface area contributed by atoms with Crippen LogP contribution in [-0.2, 0) is 4.74 Å². The summed E-state index contributed by atoms with van der Waals surface area (Å²) in [5, 5.41) is 0. The summed E-state index contributed by atoms with van der Waals surface area (Å²) >= 11 is 0. The SMILES string of the molecule is COCCCC(N)CN(C)CC1CCN(C)C1. The van der Waals surface area contributed by atoms with Crippen LogP contribution in [0.3, 0.4) is 0 Å². The molecular formula is C13H29N3O. The highest BCUT2D eigenvalue weighted by Crippen LogP contribution is 2.15. The van der Waals surface area contributed by atoms with Crippen molar-refractivity contribution in [2.75, 3.05) is 54.0 Å². The molecule has 2 atom stereocenters. The summed E-state index contributed by atoms with van der Waals surface area (Å²) in [4.78, 5) is 4.80. The standard InChI is InChI=1S/C13H29N3O/c1-15-7-6-12(9-15)10-16(2)11-13(14)5-4-8-17-3/h12-13H,4-11,14H2,1-3H3. The van der Waals surface area contributed by atoms with Crippen LogP contribution in [-0.4, -0.2) is 69.8 Å². The van der Waals surface area contributed by atoms with Crippen molar-refractivity contribution < 1.29 is 4.74 Å². The molecule has 0 spiro atoms. The number of nitrogens with two attached hydrogens (primary N) is 1. The molecule has 1 rings (SSSR count). The first kappa shape index (κ1) is 14.9. The van der Waals surface area contributed by atoms with Crippen molar-refractivity contribution in [3.63, 3.8) is 0 Å². The second-order valence-electron chi connectivity index (χ2n) is 5.53. The van der Waals surface area contributed by atoms with Crippen molar-refractivity contribution in [2.45, 2.75) is 25.3 Å². The number of methoxy groups -OCH3 is 1. The van der Waals surface area contributed by atoms with Gasteiger partial charge in [0.2, 0.25) is 0 Å². The second kappa shape index (κ2) is 8.03. The molecule has 0 aromatic carbocycles. The van der Waals surface area contributed by atoms with Crippen LogP contribution < -0.4 is 5.73 Å². The normalized spacial score (nSPS) is 23.5. The van der Waals surface area contributed by atoms with Crippen LogP contribution in [0.2, 0.25) is 0 Å². The van der Waals surface area contributed by atoms with E-state index in [-0.39, 0.29) is 6.04 Å². The maximum Gasteiger partial charge on any atom is 0.0462 e. The Labute approximate surface area is 106 Å². The van der Waals surface area contributed by atoms with Crippen LogP contribution in [0.4, 0.5) is 0 Å². The molecule has 0 aromatic heterocycles. The molecule has 1 fully saturated rings. The van der Waals surface area contributed by atoms with Crippen LogP contribution in [0.25, 0.3) is 0 Å². The van der Waals surface area contributed by atoms with Gasteiger partial charge in [-0.05, 0) is 45.8 Å². The van der Waals surface area contributed by atoms with Gasteiger partial charge < -0.3 is 20.3 Å². The van der Waals surface area contributed by atoms with Gasteiger partial charge in [-0.2, -0.15) is 0 Å². The lowest BCUT2D eigenvalue weighted by Gasteiger charge is -2.24. The van der Waals surface area contributed by atoms with Gasteiger partial charge in [-0.25, -0.2) is 0 Å². The summed E-state index contributed by atoms with van der Waals surface area (Å²) < 4.78 is 5.04. The fourth-order valence-corrected chi connectivity index (χ4v) is 2.67. The largest absolute Gasteiger partial charge is 0.385 e. The Kier molecular flexibility index (Phi) is 7.04. The van der Waals surface area contributed by atoms with E-state index in [0.29, 0.717) is 0 Å². The fourth-order valence-electron chi connectivity index (χ4n) is 2.67. The quantitative estimate of drug-likeness (QED) is 0.635. The number of ether oxygens (including phenoxy) is 1. The Balaban J connectivity index is 2.09. The van der Waals surface area contributed by atoms with Crippen LogP contribution in [0.1, 0.15) is 19.3 Å². The summed E-state index contributed by atoms with van der Waals surface area (Å²) in [7, 11) is 6.14. The van der Waals surface area contributed by atoms with E-state index in [4.69, 9.17) is 10.5 Å². The Morgan fingerprint density at radius 3 is 2.88 bits per heavy atom. The fraction of sp³-hybridized carbons (Fsp3) is 1.00. The van der Waals surface area contributed by atoms with Crippen molar-refractivity contribution >= 4 is 0 Å². The molecule has 0 aliphatic carbocycles. The summed E-state index contributed by atoms with van der Waals surface area (Å²) in [6.07, 6.45) is 3.46. The highest BCUT2D eigenvalue weighted by atomic mass is 16.5.